The molecule has 90 valence electrons. The smallest absolute Gasteiger partial charge is 0.240 e. The van der Waals surface area contributed by atoms with Gasteiger partial charge in [0.25, 0.3) is 0 Å². The molecule has 0 unspecified atom stereocenters. The summed E-state index contributed by atoms with van der Waals surface area (Å²) < 4.78 is 5.33. The van der Waals surface area contributed by atoms with Crippen LogP contribution in [0.1, 0.15) is 6.92 Å². The van der Waals surface area contributed by atoms with Gasteiger partial charge < -0.3 is 15.4 Å². The van der Waals surface area contributed by atoms with Crippen LogP contribution in [0.4, 0.5) is 5.69 Å². The quantitative estimate of drug-likeness (QED) is 0.722. The van der Waals surface area contributed by atoms with Crippen LogP contribution in [0.3, 0.4) is 0 Å². The maximum absolute atomic E-state index is 11.2. The number of nitriles is 1. The minimum absolute atomic E-state index is 0.0273. The summed E-state index contributed by atoms with van der Waals surface area (Å²) in [6.45, 7) is 2.68. The van der Waals surface area contributed by atoms with Gasteiger partial charge in [0.15, 0.2) is 0 Å². The lowest BCUT2D eigenvalue weighted by atomic mass is 10.3. The number of nitrogens with one attached hydrogen (secondary N) is 2. The van der Waals surface area contributed by atoms with Crippen LogP contribution in [-0.2, 0) is 4.79 Å². The summed E-state index contributed by atoms with van der Waals surface area (Å²) in [6, 6.07) is 9.21. The largest absolute Gasteiger partial charge is 0.494 e. The highest BCUT2D eigenvalue weighted by molar-refractivity contribution is 5.80. The van der Waals surface area contributed by atoms with Crippen molar-refractivity contribution in [1.82, 2.24) is 5.32 Å². The predicted molar refractivity (Wildman–Crippen MR) is 64.7 cm³/mol. The molecule has 0 atom stereocenters. The zero-order chi connectivity index (χ0) is 12.5. The molecule has 1 aromatic rings. The second-order valence-corrected chi connectivity index (χ2v) is 3.25. The van der Waals surface area contributed by atoms with Gasteiger partial charge >= 0.3 is 0 Å². The van der Waals surface area contributed by atoms with Gasteiger partial charge in [0.2, 0.25) is 5.91 Å². The molecule has 0 aromatic heterocycles. The van der Waals surface area contributed by atoms with Crippen LogP contribution in [0, 0.1) is 11.3 Å². The number of nitrogens with zero attached hydrogens (tertiary/aromatic N) is 1. The number of rotatable bonds is 6. The van der Waals surface area contributed by atoms with Crippen LogP contribution < -0.4 is 15.4 Å². The van der Waals surface area contributed by atoms with Crippen molar-refractivity contribution in [2.75, 3.05) is 25.0 Å². The highest BCUT2D eigenvalue weighted by Crippen LogP contribution is 2.16. The summed E-state index contributed by atoms with van der Waals surface area (Å²) in [6.07, 6.45) is 0. The zero-order valence-corrected chi connectivity index (χ0v) is 9.69. The van der Waals surface area contributed by atoms with E-state index >= 15 is 0 Å². The molecule has 0 spiro atoms. The molecule has 1 aromatic carbocycles. The van der Waals surface area contributed by atoms with Crippen molar-refractivity contribution in [3.8, 4) is 11.8 Å². The monoisotopic (exact) mass is 233 g/mol. The molecule has 2 N–H and O–H groups in total. The summed E-state index contributed by atoms with van der Waals surface area (Å²) in [4.78, 5) is 11.2. The van der Waals surface area contributed by atoms with Gasteiger partial charge in [-0.2, -0.15) is 5.26 Å². The van der Waals surface area contributed by atoms with Gasteiger partial charge in [-0.15, -0.1) is 0 Å². The fourth-order valence-electron chi connectivity index (χ4n) is 1.25. The Morgan fingerprint density at radius 1 is 1.53 bits per heavy atom. The van der Waals surface area contributed by atoms with Crippen LogP contribution in [0.15, 0.2) is 24.3 Å². The molecule has 0 saturated heterocycles. The van der Waals surface area contributed by atoms with Crippen LogP contribution in [0.25, 0.3) is 0 Å². The molecule has 5 nitrogen and oxygen atoms in total. The molecule has 0 aliphatic rings. The van der Waals surface area contributed by atoms with Crippen LogP contribution in [0.5, 0.6) is 5.75 Å². The number of carbonyl (C=O) groups is 1. The van der Waals surface area contributed by atoms with Crippen molar-refractivity contribution in [2.24, 2.45) is 0 Å². The molecule has 5 heteroatoms. The number of benzene rings is 1. The Morgan fingerprint density at radius 2 is 2.35 bits per heavy atom. The van der Waals surface area contributed by atoms with Crippen molar-refractivity contribution in [3.05, 3.63) is 24.3 Å². The third-order valence-corrected chi connectivity index (χ3v) is 1.96. The molecular formula is C12H15N3O2. The van der Waals surface area contributed by atoms with Crippen molar-refractivity contribution < 1.29 is 9.53 Å². The number of hydrogen-bond acceptors (Lipinski definition) is 4. The number of ether oxygens (including phenoxy) is 1. The first-order chi connectivity index (χ1) is 8.26. The van der Waals surface area contributed by atoms with Crippen molar-refractivity contribution >= 4 is 11.6 Å². The second kappa shape index (κ2) is 7.12. The number of amides is 1. The van der Waals surface area contributed by atoms with Crippen LogP contribution in [0.2, 0.25) is 0 Å². The summed E-state index contributed by atoms with van der Waals surface area (Å²) in [5.41, 5.74) is 0.808. The van der Waals surface area contributed by atoms with Crippen molar-refractivity contribution in [3.63, 3.8) is 0 Å². The van der Waals surface area contributed by atoms with Gasteiger partial charge in [0, 0.05) is 11.8 Å². The molecule has 0 bridgehead atoms. The SMILES string of the molecule is CCOc1cccc(NCC(=O)NCC#N)c1. The Hall–Kier alpha value is -2.22. The summed E-state index contributed by atoms with van der Waals surface area (Å²) in [7, 11) is 0. The van der Waals surface area contributed by atoms with Gasteiger partial charge in [0.1, 0.15) is 12.3 Å². The highest BCUT2D eigenvalue weighted by Gasteiger charge is 2.00. The van der Waals surface area contributed by atoms with Gasteiger partial charge in [-0.1, -0.05) is 6.07 Å². The Bertz CT molecular complexity index is 412. The number of carbonyl (C=O) groups excluding carboxylic acids is 1. The topological polar surface area (TPSA) is 74.2 Å². The summed E-state index contributed by atoms with van der Waals surface area (Å²) >= 11 is 0. The number of hydrogen-bond donors (Lipinski definition) is 2. The van der Waals surface area contributed by atoms with E-state index in [9.17, 15) is 4.79 Å². The van der Waals surface area contributed by atoms with E-state index in [2.05, 4.69) is 10.6 Å². The molecule has 1 amide bonds. The average molecular weight is 233 g/mol. The lowest BCUT2D eigenvalue weighted by Gasteiger charge is -2.08. The van der Waals surface area contributed by atoms with E-state index in [1.165, 1.54) is 0 Å². The molecule has 1 rings (SSSR count). The Labute approximate surface area is 100 Å². The Balaban J connectivity index is 2.43. The van der Waals surface area contributed by atoms with E-state index in [1.54, 1.807) is 0 Å². The maximum atomic E-state index is 11.2. The summed E-state index contributed by atoms with van der Waals surface area (Å²) in [5, 5.41) is 13.7. The normalized spacial score (nSPS) is 9.18. The standard InChI is InChI=1S/C12H15N3O2/c1-2-17-11-5-3-4-10(8-11)15-9-12(16)14-7-6-13/h3-5,8,15H,2,7,9H2,1H3,(H,14,16). The first-order valence-electron chi connectivity index (χ1n) is 5.36. The van der Waals surface area contributed by atoms with Gasteiger partial charge in [-0.3, -0.25) is 4.79 Å². The van der Waals surface area contributed by atoms with E-state index in [0.717, 1.165) is 11.4 Å². The lowest BCUT2D eigenvalue weighted by Crippen LogP contribution is -2.29. The first-order valence-corrected chi connectivity index (χ1v) is 5.36. The fourth-order valence-corrected chi connectivity index (χ4v) is 1.25. The first kappa shape index (κ1) is 12.8. The van der Waals surface area contributed by atoms with E-state index in [4.69, 9.17) is 10.00 Å². The maximum Gasteiger partial charge on any atom is 0.240 e. The minimum atomic E-state index is -0.214. The van der Waals surface area contributed by atoms with E-state index in [0.29, 0.717) is 6.61 Å². The van der Waals surface area contributed by atoms with Gasteiger partial charge in [-0.25, -0.2) is 0 Å². The zero-order valence-electron chi connectivity index (χ0n) is 9.69. The second-order valence-electron chi connectivity index (χ2n) is 3.25. The van der Waals surface area contributed by atoms with Crippen LogP contribution in [-0.4, -0.2) is 25.6 Å². The van der Waals surface area contributed by atoms with E-state index < -0.39 is 0 Å². The number of anilines is 1. The molecule has 0 aliphatic carbocycles. The molecule has 0 radical (unpaired) electrons. The Kier molecular flexibility index (Phi) is 5.38. The third-order valence-electron chi connectivity index (χ3n) is 1.96. The third kappa shape index (κ3) is 4.89. The van der Waals surface area contributed by atoms with Gasteiger partial charge in [0.05, 0.1) is 19.2 Å². The van der Waals surface area contributed by atoms with Crippen molar-refractivity contribution in [2.45, 2.75) is 6.92 Å². The molecule has 0 aliphatic heterocycles. The fraction of sp³-hybridized carbons (Fsp3) is 0.333. The molecule has 0 saturated carbocycles. The van der Waals surface area contributed by atoms with Crippen molar-refractivity contribution in [1.29, 1.82) is 5.26 Å². The predicted octanol–water partition coefficient (Wildman–Crippen LogP) is 1.14. The van der Waals surface area contributed by atoms with E-state index in [-0.39, 0.29) is 19.0 Å². The average Bonchev–Trinajstić information content (AvgIpc) is 2.35. The molecule has 0 fully saturated rings. The molecular weight excluding hydrogens is 218 g/mol. The lowest BCUT2D eigenvalue weighted by molar-refractivity contribution is -0.119. The highest BCUT2D eigenvalue weighted by atomic mass is 16.5. The molecule has 17 heavy (non-hydrogen) atoms. The molecule has 0 heterocycles. The Morgan fingerprint density at radius 3 is 3.06 bits per heavy atom. The van der Waals surface area contributed by atoms with E-state index in [1.807, 2.05) is 37.3 Å². The van der Waals surface area contributed by atoms with Crippen LogP contribution >= 0.6 is 0 Å². The minimum Gasteiger partial charge on any atom is -0.494 e. The van der Waals surface area contributed by atoms with Gasteiger partial charge in [-0.05, 0) is 19.1 Å². The summed E-state index contributed by atoms with van der Waals surface area (Å²) in [5.74, 6) is 0.545.